The highest BCUT2D eigenvalue weighted by atomic mass is 16.6. The van der Waals surface area contributed by atoms with E-state index >= 15 is 0 Å². The van der Waals surface area contributed by atoms with Gasteiger partial charge in [-0.15, -0.1) is 0 Å². The van der Waals surface area contributed by atoms with Crippen LogP contribution in [0.1, 0.15) is 41.5 Å². The van der Waals surface area contributed by atoms with Gasteiger partial charge in [0, 0.05) is 5.41 Å². The molecular formula is C14H22O8. The number of aliphatic hydroxyl groups excluding tert-OH is 1. The molecule has 0 aliphatic heterocycles. The van der Waals surface area contributed by atoms with Crippen molar-refractivity contribution >= 4 is 23.7 Å². The van der Waals surface area contributed by atoms with E-state index in [0.717, 1.165) is 0 Å². The summed E-state index contributed by atoms with van der Waals surface area (Å²) in [4.78, 5) is 47.1. The summed E-state index contributed by atoms with van der Waals surface area (Å²) in [5.41, 5.74) is -5.78. The highest BCUT2D eigenvalue weighted by molar-refractivity contribution is 6.13. The van der Waals surface area contributed by atoms with Gasteiger partial charge >= 0.3 is 23.5 Å². The second-order valence-electron chi connectivity index (χ2n) is 7.00. The number of aliphatic carboxylic acids is 2. The number of esters is 1. The van der Waals surface area contributed by atoms with Gasteiger partial charge in [-0.1, -0.05) is 20.8 Å². The third kappa shape index (κ3) is 3.82. The molecule has 0 saturated carbocycles. The first kappa shape index (κ1) is 20.0. The van der Waals surface area contributed by atoms with Gasteiger partial charge < -0.3 is 20.1 Å². The minimum Gasteiger partial charge on any atom is -0.479 e. The average Bonchev–Trinajstić information content (AvgIpc) is 2.30. The van der Waals surface area contributed by atoms with Crippen LogP contribution in [0.4, 0.5) is 0 Å². The Morgan fingerprint density at radius 1 is 0.864 bits per heavy atom. The van der Waals surface area contributed by atoms with Crippen LogP contribution in [0.3, 0.4) is 0 Å². The fourth-order valence-corrected chi connectivity index (χ4v) is 1.51. The van der Waals surface area contributed by atoms with Gasteiger partial charge in [0.05, 0.1) is 5.41 Å². The zero-order valence-electron chi connectivity index (χ0n) is 13.5. The number of ketones is 1. The van der Waals surface area contributed by atoms with Gasteiger partial charge in [-0.2, -0.15) is 0 Å². The highest BCUT2D eigenvalue weighted by Crippen LogP contribution is 2.32. The molecule has 3 N–H and O–H groups in total. The first-order valence-corrected chi connectivity index (χ1v) is 6.51. The molecule has 0 aliphatic carbocycles. The van der Waals surface area contributed by atoms with Crippen LogP contribution in [-0.2, 0) is 23.9 Å². The predicted molar refractivity (Wildman–Crippen MR) is 74.0 cm³/mol. The summed E-state index contributed by atoms with van der Waals surface area (Å²) in [7, 11) is 0. The molecule has 22 heavy (non-hydrogen) atoms. The minimum absolute atomic E-state index is 1.12. The first-order chi connectivity index (χ1) is 9.58. The molecule has 0 aromatic rings. The summed E-state index contributed by atoms with van der Waals surface area (Å²) in [6, 6.07) is 0. The molecule has 0 unspecified atom stereocenters. The van der Waals surface area contributed by atoms with E-state index in [-0.39, 0.29) is 0 Å². The Labute approximate surface area is 128 Å². The predicted octanol–water partition coefficient (Wildman–Crippen LogP) is 0.460. The van der Waals surface area contributed by atoms with Gasteiger partial charge in [0.2, 0.25) is 6.10 Å². The maximum atomic E-state index is 12.5. The molecule has 8 heteroatoms. The second-order valence-corrected chi connectivity index (χ2v) is 7.00. The number of hydrogen-bond acceptors (Lipinski definition) is 6. The average molecular weight is 318 g/mol. The topological polar surface area (TPSA) is 138 Å². The van der Waals surface area contributed by atoms with E-state index in [9.17, 15) is 29.4 Å². The Hall–Kier alpha value is -1.96. The van der Waals surface area contributed by atoms with Crippen molar-refractivity contribution in [2.45, 2.75) is 53.2 Å². The fraction of sp³-hybridized carbons (Fsp3) is 0.714. The maximum absolute atomic E-state index is 12.5. The first-order valence-electron chi connectivity index (χ1n) is 6.51. The quantitative estimate of drug-likeness (QED) is 0.491. The molecule has 2 atom stereocenters. The lowest BCUT2D eigenvalue weighted by atomic mass is 9.76. The van der Waals surface area contributed by atoms with Crippen molar-refractivity contribution in [3.8, 4) is 0 Å². The Balaban J connectivity index is 6.26. The number of hydrogen-bond donors (Lipinski definition) is 3. The Morgan fingerprint density at radius 2 is 1.27 bits per heavy atom. The number of carboxylic acid groups (broad SMARTS) is 2. The molecule has 0 aliphatic rings. The van der Waals surface area contributed by atoms with Crippen LogP contribution < -0.4 is 0 Å². The van der Waals surface area contributed by atoms with E-state index in [1.54, 1.807) is 0 Å². The molecule has 0 amide bonds. The second kappa shape index (κ2) is 6.04. The largest absolute Gasteiger partial charge is 0.479 e. The van der Waals surface area contributed by atoms with E-state index < -0.39 is 46.2 Å². The maximum Gasteiger partial charge on any atom is 0.359 e. The highest BCUT2D eigenvalue weighted by Gasteiger charge is 2.62. The van der Waals surface area contributed by atoms with Crippen LogP contribution in [0, 0.1) is 10.8 Å². The third-order valence-corrected chi connectivity index (χ3v) is 2.82. The lowest BCUT2D eigenvalue weighted by Crippen LogP contribution is -2.64. The van der Waals surface area contributed by atoms with Crippen molar-refractivity contribution in [3.63, 3.8) is 0 Å². The molecule has 0 aromatic carbocycles. The van der Waals surface area contributed by atoms with Crippen molar-refractivity contribution in [1.82, 2.24) is 0 Å². The molecule has 8 nitrogen and oxygen atoms in total. The molecule has 0 radical (unpaired) electrons. The standard InChI is InChI=1S/C14H22O8/c1-12(2,3)9(18)14(10(19)20,7(15)8(16)17)22-11(21)13(4,5)6/h7,15H,1-6H3,(H,16,17)(H,19,20)/t7-,14-/m1/s1. The monoisotopic (exact) mass is 318 g/mol. The lowest BCUT2D eigenvalue weighted by molar-refractivity contribution is -0.206. The smallest absolute Gasteiger partial charge is 0.359 e. The van der Waals surface area contributed by atoms with Crippen molar-refractivity contribution in [3.05, 3.63) is 0 Å². The van der Waals surface area contributed by atoms with Crippen LogP contribution in [0.5, 0.6) is 0 Å². The number of carbonyl (C=O) groups excluding carboxylic acids is 2. The Kier molecular flexibility index (Phi) is 5.50. The van der Waals surface area contributed by atoms with E-state index in [0.29, 0.717) is 0 Å². The van der Waals surface area contributed by atoms with E-state index in [1.807, 2.05) is 0 Å². The number of Topliss-reactive ketones (excluding diaryl/α,β-unsaturated/α-hetero) is 1. The lowest BCUT2D eigenvalue weighted by Gasteiger charge is -2.36. The minimum atomic E-state index is -3.21. The summed E-state index contributed by atoms with van der Waals surface area (Å²) < 4.78 is 4.76. The molecule has 0 aromatic heterocycles. The summed E-state index contributed by atoms with van der Waals surface area (Å²) in [5, 5.41) is 28.1. The van der Waals surface area contributed by atoms with Crippen molar-refractivity contribution in [2.24, 2.45) is 10.8 Å². The van der Waals surface area contributed by atoms with Crippen LogP contribution in [0.25, 0.3) is 0 Å². The van der Waals surface area contributed by atoms with Gasteiger partial charge in [-0.3, -0.25) is 9.59 Å². The molecule has 0 bridgehead atoms. The molecule has 0 saturated heterocycles. The van der Waals surface area contributed by atoms with Gasteiger partial charge in [0.25, 0.3) is 0 Å². The Bertz CT molecular complexity index is 494. The van der Waals surface area contributed by atoms with Crippen LogP contribution >= 0.6 is 0 Å². The van der Waals surface area contributed by atoms with Gasteiger partial charge in [0.15, 0.2) is 5.78 Å². The van der Waals surface area contributed by atoms with Crippen molar-refractivity contribution in [2.75, 3.05) is 0 Å². The third-order valence-electron chi connectivity index (χ3n) is 2.82. The molecular weight excluding hydrogens is 296 g/mol. The number of ether oxygens (including phenoxy) is 1. The van der Waals surface area contributed by atoms with Crippen molar-refractivity contribution < 1.29 is 39.2 Å². The number of rotatable bonds is 5. The Morgan fingerprint density at radius 3 is 1.50 bits per heavy atom. The number of carbonyl (C=O) groups is 4. The SMILES string of the molecule is CC(C)(C)C(=O)O[C@@](C(=O)O)(C(=O)C(C)(C)C)[C@H](O)C(=O)O. The molecule has 126 valence electrons. The van der Waals surface area contributed by atoms with Crippen LogP contribution in [0.15, 0.2) is 0 Å². The summed E-state index contributed by atoms with van der Waals surface area (Å²) in [6.45, 7) is 8.18. The van der Waals surface area contributed by atoms with E-state index in [4.69, 9.17) is 9.84 Å². The van der Waals surface area contributed by atoms with Gasteiger partial charge in [0.1, 0.15) is 0 Å². The summed E-state index contributed by atoms with van der Waals surface area (Å²) in [6.07, 6.45) is -2.73. The van der Waals surface area contributed by atoms with E-state index in [2.05, 4.69) is 0 Å². The van der Waals surface area contributed by atoms with Gasteiger partial charge in [-0.25, -0.2) is 9.59 Å². The normalized spacial score (nSPS) is 16.3. The zero-order chi connectivity index (χ0) is 18.1. The summed E-state index contributed by atoms with van der Waals surface area (Å²) >= 11 is 0. The van der Waals surface area contributed by atoms with E-state index in [1.165, 1.54) is 41.5 Å². The number of carboxylic acids is 2. The van der Waals surface area contributed by atoms with Crippen LogP contribution in [-0.4, -0.2) is 50.7 Å². The fourth-order valence-electron chi connectivity index (χ4n) is 1.51. The molecule has 0 rings (SSSR count). The number of aliphatic hydroxyl groups is 1. The summed E-state index contributed by atoms with van der Waals surface area (Å²) in [5.74, 6) is -6.37. The molecule has 0 fully saturated rings. The van der Waals surface area contributed by atoms with Crippen LogP contribution in [0.2, 0.25) is 0 Å². The molecule has 0 heterocycles. The molecule has 0 spiro atoms. The van der Waals surface area contributed by atoms with Crippen molar-refractivity contribution in [1.29, 1.82) is 0 Å². The van der Waals surface area contributed by atoms with Gasteiger partial charge in [-0.05, 0) is 20.8 Å². The zero-order valence-corrected chi connectivity index (χ0v) is 13.5.